The minimum absolute atomic E-state index is 0.0825. The van der Waals surface area contributed by atoms with Crippen LogP contribution in [0.25, 0.3) is 0 Å². The van der Waals surface area contributed by atoms with Gasteiger partial charge in [-0.1, -0.05) is 36.8 Å². The molecule has 42 heavy (non-hydrogen) atoms. The molecule has 1 fully saturated rings. The summed E-state index contributed by atoms with van der Waals surface area (Å²) in [6.45, 7) is 13.7. The van der Waals surface area contributed by atoms with Gasteiger partial charge in [-0.2, -0.15) is 10.5 Å². The lowest BCUT2D eigenvalue weighted by atomic mass is 9.68. The van der Waals surface area contributed by atoms with Gasteiger partial charge in [-0.15, -0.1) is 10.2 Å². The summed E-state index contributed by atoms with van der Waals surface area (Å²) in [7, 11) is 0. The number of nitrogens with zero attached hydrogens (tertiary/aromatic N) is 5. The molecule has 11 heteroatoms. The average molecular weight is 577 g/mol. The van der Waals surface area contributed by atoms with Crippen LogP contribution in [-0.4, -0.2) is 79.3 Å². The van der Waals surface area contributed by atoms with E-state index in [1.54, 1.807) is 31.7 Å². The highest BCUT2D eigenvalue weighted by atomic mass is 16.3. The molecular formula is C31H44N8O3. The fraction of sp³-hybridized carbons (Fsp3) is 0.613. The van der Waals surface area contributed by atoms with E-state index in [4.69, 9.17) is 0 Å². The van der Waals surface area contributed by atoms with Gasteiger partial charge in [0, 0.05) is 24.2 Å². The third-order valence-electron chi connectivity index (χ3n) is 8.97. The van der Waals surface area contributed by atoms with E-state index in [0.29, 0.717) is 29.6 Å². The standard InChI is InChI=1S/C31H44N8O3/c1-18-9-8-10-23-13-24(28(41)34-17-30(6,7)42)11-12-25(23)31(18,29-35-37-38-36-29)14-19(2)33-16-26(40)39(20(3)15-32)27-21(4)22(27)5/h9,11-13,19-22,27,33,42H,8,10,14,16-17H2,1-7H3,(H,34,41)(H,35,36,37,38). The Labute approximate surface area is 248 Å². The Balaban J connectivity index is 1.61. The van der Waals surface area contributed by atoms with Crippen molar-refractivity contribution in [2.75, 3.05) is 13.1 Å². The number of carbonyl (C=O) groups is 2. The maximum absolute atomic E-state index is 13.4. The number of aromatic amines is 1. The fourth-order valence-corrected chi connectivity index (χ4v) is 6.32. The molecule has 4 N–H and O–H groups in total. The van der Waals surface area contributed by atoms with E-state index in [-0.39, 0.29) is 37.0 Å². The van der Waals surface area contributed by atoms with E-state index >= 15 is 0 Å². The second-order valence-corrected chi connectivity index (χ2v) is 12.7. The topological polar surface area (TPSA) is 160 Å². The highest BCUT2D eigenvalue weighted by Gasteiger charge is 2.50. The first-order valence-corrected chi connectivity index (χ1v) is 14.8. The highest BCUT2D eigenvalue weighted by molar-refractivity contribution is 5.94. The largest absolute Gasteiger partial charge is 0.389 e. The molecule has 4 rings (SSSR count). The van der Waals surface area contributed by atoms with Crippen LogP contribution in [-0.2, 0) is 16.6 Å². The molecule has 2 aromatic rings. The molecule has 0 saturated heterocycles. The SMILES string of the molecule is CC1=CCCc2cc(C(=O)NCC(C)(C)O)ccc2C1(CC(C)NCC(=O)N(C(C)C#N)C1C(C)C1C)c1nn[nH]n1. The van der Waals surface area contributed by atoms with Crippen molar-refractivity contribution in [3.05, 3.63) is 52.4 Å². The number of aliphatic hydroxyl groups is 1. The molecule has 5 unspecified atom stereocenters. The predicted octanol–water partition coefficient (Wildman–Crippen LogP) is 2.64. The number of hydrogen-bond acceptors (Lipinski definition) is 8. The van der Waals surface area contributed by atoms with E-state index < -0.39 is 17.1 Å². The van der Waals surface area contributed by atoms with Crippen LogP contribution in [0.1, 0.15) is 88.6 Å². The second kappa shape index (κ2) is 12.3. The van der Waals surface area contributed by atoms with E-state index in [2.05, 4.69) is 64.2 Å². The van der Waals surface area contributed by atoms with Crippen molar-refractivity contribution in [2.45, 2.75) is 96.9 Å². The number of amides is 2. The molecule has 2 aliphatic carbocycles. The van der Waals surface area contributed by atoms with Crippen LogP contribution in [0.15, 0.2) is 29.8 Å². The Bertz CT molecular complexity index is 1350. The van der Waals surface area contributed by atoms with Crippen molar-refractivity contribution in [3.63, 3.8) is 0 Å². The zero-order valence-electron chi connectivity index (χ0n) is 25.7. The van der Waals surface area contributed by atoms with Gasteiger partial charge < -0.3 is 20.6 Å². The number of tetrazole rings is 1. The molecule has 0 bridgehead atoms. The Morgan fingerprint density at radius 3 is 2.60 bits per heavy atom. The average Bonchev–Trinajstić information content (AvgIpc) is 3.30. The number of nitriles is 1. The monoisotopic (exact) mass is 576 g/mol. The molecule has 0 radical (unpaired) electrons. The maximum Gasteiger partial charge on any atom is 0.251 e. The van der Waals surface area contributed by atoms with Crippen LogP contribution in [0.5, 0.6) is 0 Å². The number of H-pyrrole nitrogens is 1. The molecule has 0 spiro atoms. The van der Waals surface area contributed by atoms with Crippen LogP contribution >= 0.6 is 0 Å². The van der Waals surface area contributed by atoms with Crippen molar-refractivity contribution >= 4 is 11.8 Å². The van der Waals surface area contributed by atoms with Crippen molar-refractivity contribution in [1.82, 2.24) is 36.2 Å². The Morgan fingerprint density at radius 2 is 2.00 bits per heavy atom. The van der Waals surface area contributed by atoms with Gasteiger partial charge in [-0.3, -0.25) is 9.59 Å². The molecular weight excluding hydrogens is 532 g/mol. The molecule has 2 aliphatic rings. The quantitative estimate of drug-likeness (QED) is 0.297. The lowest BCUT2D eigenvalue weighted by molar-refractivity contribution is -0.132. The first-order chi connectivity index (χ1) is 19.8. The number of hydrogen-bond donors (Lipinski definition) is 4. The number of aryl methyl sites for hydroxylation is 1. The summed E-state index contributed by atoms with van der Waals surface area (Å²) in [6, 6.07) is 7.38. The van der Waals surface area contributed by atoms with Gasteiger partial charge in [0.25, 0.3) is 5.91 Å². The Hall–Kier alpha value is -3.62. The Morgan fingerprint density at radius 1 is 1.29 bits per heavy atom. The zero-order chi connectivity index (χ0) is 30.8. The fourth-order valence-electron chi connectivity index (χ4n) is 6.32. The molecule has 1 aromatic carbocycles. The number of rotatable bonds is 11. The summed E-state index contributed by atoms with van der Waals surface area (Å²) in [6.07, 6.45) is 4.25. The summed E-state index contributed by atoms with van der Waals surface area (Å²) in [5.74, 6) is 0.949. The number of nitrogens with one attached hydrogen (secondary N) is 3. The minimum Gasteiger partial charge on any atom is -0.389 e. The number of benzene rings is 1. The Kier molecular flexibility index (Phi) is 9.18. The van der Waals surface area contributed by atoms with Crippen molar-refractivity contribution in [1.29, 1.82) is 5.26 Å². The molecule has 2 amide bonds. The molecule has 1 heterocycles. The summed E-state index contributed by atoms with van der Waals surface area (Å²) in [4.78, 5) is 28.0. The number of aromatic nitrogens is 4. The van der Waals surface area contributed by atoms with Gasteiger partial charge >= 0.3 is 0 Å². The van der Waals surface area contributed by atoms with E-state index in [1.807, 2.05) is 19.1 Å². The van der Waals surface area contributed by atoms with Gasteiger partial charge in [0.15, 0.2) is 5.82 Å². The van der Waals surface area contributed by atoms with Crippen LogP contribution in [0.3, 0.4) is 0 Å². The molecule has 1 saturated carbocycles. The first-order valence-electron chi connectivity index (χ1n) is 14.8. The summed E-state index contributed by atoms with van der Waals surface area (Å²) in [5, 5.41) is 41.2. The maximum atomic E-state index is 13.4. The van der Waals surface area contributed by atoms with Gasteiger partial charge in [-0.25, -0.2) is 0 Å². The lowest BCUT2D eigenvalue weighted by Gasteiger charge is -2.36. The van der Waals surface area contributed by atoms with Gasteiger partial charge in [0.05, 0.1) is 23.6 Å². The van der Waals surface area contributed by atoms with Gasteiger partial charge in [0.1, 0.15) is 6.04 Å². The summed E-state index contributed by atoms with van der Waals surface area (Å²) < 4.78 is 0. The van der Waals surface area contributed by atoms with Crippen molar-refractivity contribution in [3.8, 4) is 6.07 Å². The van der Waals surface area contributed by atoms with Crippen molar-refractivity contribution < 1.29 is 14.7 Å². The van der Waals surface area contributed by atoms with E-state index in [9.17, 15) is 20.0 Å². The summed E-state index contributed by atoms with van der Waals surface area (Å²) in [5.41, 5.74) is 1.84. The number of allylic oxidation sites excluding steroid dienone is 2. The molecule has 11 nitrogen and oxygen atoms in total. The van der Waals surface area contributed by atoms with E-state index in [0.717, 1.165) is 29.5 Å². The van der Waals surface area contributed by atoms with E-state index in [1.165, 1.54) is 0 Å². The number of fused-ring (bicyclic) bond motifs is 1. The van der Waals surface area contributed by atoms with Crippen molar-refractivity contribution in [2.24, 2.45) is 11.8 Å². The first kappa shape index (κ1) is 31.3. The van der Waals surface area contributed by atoms with Gasteiger partial charge in [-0.05, 0) is 89.0 Å². The minimum atomic E-state index is -1.01. The molecule has 0 aliphatic heterocycles. The molecule has 5 atom stereocenters. The third kappa shape index (κ3) is 6.40. The smallest absolute Gasteiger partial charge is 0.251 e. The highest BCUT2D eigenvalue weighted by Crippen LogP contribution is 2.45. The van der Waals surface area contributed by atoms with Crippen LogP contribution < -0.4 is 10.6 Å². The molecule has 1 aromatic heterocycles. The molecule has 226 valence electrons. The number of carbonyl (C=O) groups excluding carboxylic acids is 2. The zero-order valence-corrected chi connectivity index (χ0v) is 25.7. The van der Waals surface area contributed by atoms with Crippen LogP contribution in [0.2, 0.25) is 0 Å². The van der Waals surface area contributed by atoms with Crippen LogP contribution in [0.4, 0.5) is 0 Å². The van der Waals surface area contributed by atoms with Crippen LogP contribution in [0, 0.1) is 23.2 Å². The summed E-state index contributed by atoms with van der Waals surface area (Å²) >= 11 is 0. The third-order valence-corrected chi connectivity index (χ3v) is 8.97. The normalized spacial score (nSPS) is 24.8. The predicted molar refractivity (Wildman–Crippen MR) is 158 cm³/mol. The second-order valence-electron chi connectivity index (χ2n) is 12.7. The lowest BCUT2D eigenvalue weighted by Crippen LogP contribution is -2.48. The van der Waals surface area contributed by atoms with Gasteiger partial charge in [0.2, 0.25) is 5.91 Å².